The minimum atomic E-state index is 0.498. The van der Waals surface area contributed by atoms with Crippen molar-refractivity contribution in [2.75, 3.05) is 17.7 Å². The Balaban J connectivity index is 1.61. The highest BCUT2D eigenvalue weighted by molar-refractivity contribution is 6.32. The molecule has 0 fully saturated rings. The SMILES string of the molecule is [C-]#[N+]c1ccc2c(NCc3cccnc3)nnc(NCc3ccc(OC)c(Cl)c3)c2c1. The lowest BCUT2D eigenvalue weighted by molar-refractivity contribution is 0.415. The number of ether oxygens (including phenoxy) is 1. The van der Waals surface area contributed by atoms with Gasteiger partial charge in [-0.15, -0.1) is 10.2 Å². The van der Waals surface area contributed by atoms with Gasteiger partial charge in [0, 0.05) is 36.3 Å². The van der Waals surface area contributed by atoms with Crippen LogP contribution in [0.25, 0.3) is 15.6 Å². The molecule has 154 valence electrons. The first-order valence-electron chi connectivity index (χ1n) is 9.55. The van der Waals surface area contributed by atoms with Gasteiger partial charge in [-0.2, -0.15) is 0 Å². The number of methoxy groups -OCH3 is 1. The van der Waals surface area contributed by atoms with Crippen molar-refractivity contribution < 1.29 is 4.74 Å². The summed E-state index contributed by atoms with van der Waals surface area (Å²) < 4.78 is 5.20. The monoisotopic (exact) mass is 430 g/mol. The average Bonchev–Trinajstić information content (AvgIpc) is 2.82. The lowest BCUT2D eigenvalue weighted by Gasteiger charge is -2.13. The number of fused-ring (bicyclic) bond motifs is 1. The van der Waals surface area contributed by atoms with Crippen LogP contribution in [0.15, 0.2) is 60.9 Å². The molecule has 0 radical (unpaired) electrons. The number of nitrogens with one attached hydrogen (secondary N) is 2. The number of halogens is 1. The second kappa shape index (κ2) is 9.28. The molecule has 8 heteroatoms. The van der Waals surface area contributed by atoms with Crippen molar-refractivity contribution in [1.82, 2.24) is 15.2 Å². The predicted octanol–water partition coefficient (Wildman–Crippen LogP) is 5.46. The van der Waals surface area contributed by atoms with Crippen LogP contribution in [-0.4, -0.2) is 22.3 Å². The van der Waals surface area contributed by atoms with Crippen LogP contribution in [0.4, 0.5) is 17.3 Å². The van der Waals surface area contributed by atoms with Crippen molar-refractivity contribution in [3.05, 3.63) is 88.5 Å². The van der Waals surface area contributed by atoms with Gasteiger partial charge in [0.25, 0.3) is 0 Å². The largest absolute Gasteiger partial charge is 0.495 e. The van der Waals surface area contributed by atoms with E-state index in [0.29, 0.717) is 41.2 Å². The van der Waals surface area contributed by atoms with Gasteiger partial charge in [-0.25, -0.2) is 4.85 Å². The Morgan fingerprint density at radius 1 is 0.968 bits per heavy atom. The maximum absolute atomic E-state index is 7.35. The van der Waals surface area contributed by atoms with E-state index in [-0.39, 0.29) is 0 Å². The molecular formula is C23H19ClN6O. The molecular weight excluding hydrogens is 412 g/mol. The Hall–Kier alpha value is -3.89. The minimum absolute atomic E-state index is 0.498. The number of nitrogens with zero attached hydrogens (tertiary/aromatic N) is 4. The number of hydrogen-bond acceptors (Lipinski definition) is 6. The summed E-state index contributed by atoms with van der Waals surface area (Å²) >= 11 is 6.23. The topological polar surface area (TPSA) is 76.3 Å². The van der Waals surface area contributed by atoms with Crippen LogP contribution < -0.4 is 15.4 Å². The maximum Gasteiger partial charge on any atom is 0.188 e. The molecule has 2 aromatic heterocycles. The Kier molecular flexibility index (Phi) is 6.11. The zero-order valence-electron chi connectivity index (χ0n) is 16.8. The fourth-order valence-corrected chi connectivity index (χ4v) is 3.45. The molecule has 7 nitrogen and oxygen atoms in total. The molecule has 0 saturated carbocycles. The first-order chi connectivity index (χ1) is 15.2. The Morgan fingerprint density at radius 2 is 1.74 bits per heavy atom. The highest BCUT2D eigenvalue weighted by Crippen LogP contribution is 2.31. The summed E-state index contributed by atoms with van der Waals surface area (Å²) in [5.74, 6) is 1.87. The highest BCUT2D eigenvalue weighted by Gasteiger charge is 2.11. The van der Waals surface area contributed by atoms with Gasteiger partial charge < -0.3 is 15.4 Å². The first kappa shape index (κ1) is 20.4. The van der Waals surface area contributed by atoms with Crippen molar-refractivity contribution >= 4 is 39.7 Å². The fraction of sp³-hybridized carbons (Fsp3) is 0.130. The maximum atomic E-state index is 7.35. The quantitative estimate of drug-likeness (QED) is 0.379. The molecule has 2 heterocycles. The van der Waals surface area contributed by atoms with Gasteiger partial charge in [-0.1, -0.05) is 35.9 Å². The summed E-state index contributed by atoms with van der Waals surface area (Å²) in [6.07, 6.45) is 3.54. The van der Waals surface area contributed by atoms with E-state index < -0.39 is 0 Å². The van der Waals surface area contributed by atoms with Gasteiger partial charge in [0.1, 0.15) is 5.75 Å². The molecule has 0 amide bonds. The molecule has 31 heavy (non-hydrogen) atoms. The average molecular weight is 431 g/mol. The van der Waals surface area contributed by atoms with Gasteiger partial charge in [-0.3, -0.25) is 4.98 Å². The van der Waals surface area contributed by atoms with E-state index in [1.54, 1.807) is 25.6 Å². The molecule has 0 saturated heterocycles. The molecule has 4 rings (SSSR count). The standard InChI is InChI=1S/C23H19ClN6O/c1-25-17-6-7-18-19(11-17)23(27-13-15-5-8-21(31-2)20(24)10-15)30-29-22(18)28-14-16-4-3-9-26-12-16/h3-12H,13-14H2,2H3,(H,27,30)(H,28,29). The smallest absolute Gasteiger partial charge is 0.188 e. The third-order valence-corrected chi connectivity index (χ3v) is 5.05. The lowest BCUT2D eigenvalue weighted by atomic mass is 10.1. The molecule has 0 aliphatic rings. The third kappa shape index (κ3) is 4.65. The summed E-state index contributed by atoms with van der Waals surface area (Å²) in [5, 5.41) is 17.6. The normalized spacial score (nSPS) is 10.5. The number of rotatable bonds is 7. The van der Waals surface area contributed by atoms with Crippen molar-refractivity contribution in [1.29, 1.82) is 0 Å². The molecule has 0 bridgehead atoms. The predicted molar refractivity (Wildman–Crippen MR) is 123 cm³/mol. The van der Waals surface area contributed by atoms with Gasteiger partial charge in [0.05, 0.1) is 18.7 Å². The van der Waals surface area contributed by atoms with Gasteiger partial charge >= 0.3 is 0 Å². The number of anilines is 2. The molecule has 0 atom stereocenters. The summed E-state index contributed by atoms with van der Waals surface area (Å²) in [5.41, 5.74) is 2.55. The second-order valence-corrected chi connectivity index (χ2v) is 7.18. The minimum Gasteiger partial charge on any atom is -0.495 e. The first-order valence-corrected chi connectivity index (χ1v) is 9.92. The number of hydrogen-bond donors (Lipinski definition) is 2. The van der Waals surface area contributed by atoms with Crippen LogP contribution in [0.1, 0.15) is 11.1 Å². The third-order valence-electron chi connectivity index (χ3n) is 4.75. The van der Waals surface area contributed by atoms with E-state index in [1.807, 2.05) is 42.5 Å². The molecule has 0 unspecified atom stereocenters. The van der Waals surface area contributed by atoms with Crippen molar-refractivity contribution in [2.45, 2.75) is 13.1 Å². The van der Waals surface area contributed by atoms with E-state index in [2.05, 4.69) is 30.7 Å². The van der Waals surface area contributed by atoms with E-state index in [1.165, 1.54) is 0 Å². The molecule has 2 aromatic carbocycles. The van der Waals surface area contributed by atoms with E-state index in [4.69, 9.17) is 22.9 Å². The summed E-state index contributed by atoms with van der Waals surface area (Å²) in [6.45, 7) is 8.42. The van der Waals surface area contributed by atoms with Crippen LogP contribution in [-0.2, 0) is 13.1 Å². The zero-order valence-corrected chi connectivity index (χ0v) is 17.5. The molecule has 2 N–H and O–H groups in total. The van der Waals surface area contributed by atoms with E-state index in [0.717, 1.165) is 21.9 Å². The Bertz CT molecular complexity index is 1260. The fourth-order valence-electron chi connectivity index (χ4n) is 3.17. The Morgan fingerprint density at radius 3 is 2.42 bits per heavy atom. The van der Waals surface area contributed by atoms with Gasteiger partial charge in [0.2, 0.25) is 0 Å². The van der Waals surface area contributed by atoms with Crippen LogP contribution in [0.3, 0.4) is 0 Å². The van der Waals surface area contributed by atoms with Crippen molar-refractivity contribution in [2.24, 2.45) is 0 Å². The van der Waals surface area contributed by atoms with Crippen LogP contribution in [0.5, 0.6) is 5.75 Å². The van der Waals surface area contributed by atoms with Crippen molar-refractivity contribution in [3.8, 4) is 5.75 Å². The lowest BCUT2D eigenvalue weighted by Crippen LogP contribution is -2.07. The van der Waals surface area contributed by atoms with Crippen LogP contribution in [0, 0.1) is 6.57 Å². The number of aromatic nitrogens is 3. The molecule has 0 aliphatic carbocycles. The van der Waals surface area contributed by atoms with E-state index in [9.17, 15) is 0 Å². The summed E-state index contributed by atoms with van der Waals surface area (Å²) in [7, 11) is 1.58. The Labute approximate surface area is 184 Å². The second-order valence-electron chi connectivity index (χ2n) is 6.78. The number of pyridine rings is 1. The molecule has 4 aromatic rings. The zero-order chi connectivity index (χ0) is 21.6. The number of benzene rings is 2. The molecule has 0 spiro atoms. The van der Waals surface area contributed by atoms with Crippen LogP contribution >= 0.6 is 11.6 Å². The highest BCUT2D eigenvalue weighted by atomic mass is 35.5. The van der Waals surface area contributed by atoms with Crippen molar-refractivity contribution in [3.63, 3.8) is 0 Å². The summed E-state index contributed by atoms with van der Waals surface area (Å²) in [6, 6.07) is 15.0. The molecule has 0 aliphatic heterocycles. The van der Waals surface area contributed by atoms with E-state index >= 15 is 0 Å². The van der Waals surface area contributed by atoms with Crippen LogP contribution in [0.2, 0.25) is 5.02 Å². The van der Waals surface area contributed by atoms with Gasteiger partial charge in [0.15, 0.2) is 17.3 Å². The summed E-state index contributed by atoms with van der Waals surface area (Å²) in [4.78, 5) is 7.68. The van der Waals surface area contributed by atoms with Gasteiger partial charge in [-0.05, 0) is 35.4 Å².